The highest BCUT2D eigenvalue weighted by molar-refractivity contribution is 5.92. The largest absolute Gasteiger partial charge is 0.495 e. The zero-order valence-corrected chi connectivity index (χ0v) is 23.9. The number of anilines is 1. The second kappa shape index (κ2) is 13.7. The van der Waals surface area contributed by atoms with Crippen LogP contribution in [0.5, 0.6) is 5.75 Å². The van der Waals surface area contributed by atoms with Crippen LogP contribution in [-0.4, -0.2) is 41.0 Å². The minimum absolute atomic E-state index is 0.0172. The van der Waals surface area contributed by atoms with E-state index in [9.17, 15) is 18.0 Å². The maximum absolute atomic E-state index is 13.6. The smallest absolute Gasteiger partial charge is 0.416 e. The fraction of sp³-hybridized carbons (Fsp3) is 0.355. The predicted octanol–water partition coefficient (Wildman–Crippen LogP) is 5.72. The lowest BCUT2D eigenvalue weighted by molar-refractivity contribution is -0.137. The third-order valence-electron chi connectivity index (χ3n) is 7.22. The highest BCUT2D eigenvalue weighted by Gasteiger charge is 2.31. The molecule has 0 saturated carbocycles. The summed E-state index contributed by atoms with van der Waals surface area (Å²) in [6, 6.07) is 5.53. The van der Waals surface area contributed by atoms with E-state index in [1.54, 1.807) is 37.8 Å². The molecule has 0 unspecified atom stereocenters. The minimum atomic E-state index is -4.51. The van der Waals surface area contributed by atoms with Crippen LogP contribution in [-0.2, 0) is 17.5 Å². The van der Waals surface area contributed by atoms with Crippen molar-refractivity contribution in [3.8, 4) is 5.75 Å². The van der Waals surface area contributed by atoms with E-state index in [0.717, 1.165) is 49.6 Å². The number of aromatic nitrogens is 1. The molecule has 0 radical (unpaired) electrons. The number of carbonyl (C=O) groups is 1. The van der Waals surface area contributed by atoms with Gasteiger partial charge >= 0.3 is 6.18 Å². The number of methoxy groups -OCH3 is 1. The number of nitrogens with one attached hydrogen (secondary N) is 1. The molecule has 42 heavy (non-hydrogen) atoms. The van der Waals surface area contributed by atoms with Crippen LogP contribution >= 0.6 is 0 Å². The number of hydrazine groups is 1. The Balaban J connectivity index is 1.43. The number of pyridine rings is 1. The second-order valence-electron chi connectivity index (χ2n) is 10.6. The number of carbonyl (C=O) groups excluding carboxylic acids is 1. The molecule has 2 aliphatic rings. The van der Waals surface area contributed by atoms with Crippen molar-refractivity contribution in [3.05, 3.63) is 94.6 Å². The second-order valence-corrected chi connectivity index (χ2v) is 10.6. The van der Waals surface area contributed by atoms with Crippen LogP contribution in [0.3, 0.4) is 0 Å². The first kappa shape index (κ1) is 30.9. The lowest BCUT2D eigenvalue weighted by Gasteiger charge is -2.27. The Kier molecular flexibility index (Phi) is 10.1. The summed E-state index contributed by atoms with van der Waals surface area (Å²) in [6.45, 7) is 4.01. The quantitative estimate of drug-likeness (QED) is 0.256. The molecule has 1 amide bonds. The highest BCUT2D eigenvalue weighted by atomic mass is 19.4. The van der Waals surface area contributed by atoms with Crippen LogP contribution in [0, 0.1) is 0 Å². The van der Waals surface area contributed by atoms with E-state index in [2.05, 4.69) is 15.2 Å². The predicted molar refractivity (Wildman–Crippen MR) is 157 cm³/mol. The molecular weight excluding hydrogens is 545 g/mol. The van der Waals surface area contributed by atoms with Gasteiger partial charge in [0.25, 0.3) is 0 Å². The van der Waals surface area contributed by atoms with Crippen molar-refractivity contribution < 1.29 is 22.7 Å². The van der Waals surface area contributed by atoms with Crippen LogP contribution in [0.4, 0.5) is 18.9 Å². The lowest BCUT2D eigenvalue weighted by atomic mass is 10.1. The number of halogens is 3. The average Bonchev–Trinajstić information content (AvgIpc) is 3.13. The van der Waals surface area contributed by atoms with E-state index in [4.69, 9.17) is 16.3 Å². The summed E-state index contributed by atoms with van der Waals surface area (Å²) in [7, 11) is 1.54. The van der Waals surface area contributed by atoms with Gasteiger partial charge in [0.15, 0.2) is 0 Å². The number of alkyl halides is 3. The van der Waals surface area contributed by atoms with Gasteiger partial charge in [0.1, 0.15) is 5.75 Å². The molecule has 0 bridgehead atoms. The molecule has 1 aromatic heterocycles. The first-order valence-electron chi connectivity index (χ1n) is 13.8. The van der Waals surface area contributed by atoms with Gasteiger partial charge < -0.3 is 15.8 Å². The van der Waals surface area contributed by atoms with Gasteiger partial charge in [-0.05, 0) is 74.7 Å². The molecule has 1 saturated heterocycles. The highest BCUT2D eigenvalue weighted by Crippen LogP contribution is 2.33. The zero-order chi connectivity index (χ0) is 30.3. The number of amides is 1. The first-order chi connectivity index (χ1) is 20.0. The van der Waals surface area contributed by atoms with Crippen molar-refractivity contribution in [2.75, 3.05) is 25.5 Å². The number of ether oxygens (including phenoxy) is 1. The fourth-order valence-corrected chi connectivity index (χ4v) is 5.01. The van der Waals surface area contributed by atoms with Crippen molar-refractivity contribution in [2.45, 2.75) is 51.7 Å². The summed E-state index contributed by atoms with van der Waals surface area (Å²) in [5.74, 6) is 6.48. The number of piperidine rings is 1. The van der Waals surface area contributed by atoms with E-state index < -0.39 is 17.6 Å². The minimum Gasteiger partial charge on any atom is -0.495 e. The van der Waals surface area contributed by atoms with Crippen molar-refractivity contribution >= 4 is 17.3 Å². The van der Waals surface area contributed by atoms with Gasteiger partial charge in [0.2, 0.25) is 5.91 Å². The molecule has 0 atom stereocenters. The average molecular weight is 583 g/mol. The molecule has 0 spiro atoms. The van der Waals surface area contributed by atoms with Crippen LogP contribution in [0.1, 0.15) is 55.7 Å². The molecule has 1 fully saturated rings. The van der Waals surface area contributed by atoms with E-state index in [-0.39, 0.29) is 12.1 Å². The van der Waals surface area contributed by atoms with Gasteiger partial charge in [-0.15, -0.1) is 0 Å². The van der Waals surface area contributed by atoms with Gasteiger partial charge in [-0.2, -0.15) is 13.2 Å². The normalized spacial score (nSPS) is 16.6. The monoisotopic (exact) mass is 582 g/mol. The van der Waals surface area contributed by atoms with Crippen LogP contribution in [0.2, 0.25) is 0 Å². The van der Waals surface area contributed by atoms with Crippen LogP contribution in [0.15, 0.2) is 77.9 Å². The first-order valence-corrected chi connectivity index (χ1v) is 13.8. The SMILES string of the molecule is COc1cncc(/C(N)=C/N(N)C2=CCC(CC(=O)Nc3cc(CN4CCCCC4)cc(C(F)(F)F)c3)=CC=C2C)c1. The number of likely N-dealkylation sites (tertiary alicyclic amines) is 1. The molecule has 4 rings (SSSR count). The van der Waals surface area contributed by atoms with E-state index in [1.165, 1.54) is 11.1 Å². The summed E-state index contributed by atoms with van der Waals surface area (Å²) in [6.07, 6.45) is 9.44. The summed E-state index contributed by atoms with van der Waals surface area (Å²) >= 11 is 0. The summed E-state index contributed by atoms with van der Waals surface area (Å²) in [4.78, 5) is 19.2. The lowest BCUT2D eigenvalue weighted by Crippen LogP contribution is -2.29. The number of hydrogen-bond acceptors (Lipinski definition) is 7. The number of rotatable bonds is 9. The topological polar surface area (TPSA) is 110 Å². The van der Waals surface area contributed by atoms with E-state index >= 15 is 0 Å². The standard InChI is InChI=1S/C31H37F3N6O2/c1-21-6-7-22(8-9-29(21)40(36)20-28(35)24-15-27(42-2)18-37-17-24)14-30(41)38-26-13-23(12-25(16-26)31(32,33)34)19-39-10-4-3-5-11-39/h6-7,9,12-13,15-18,20H,3-5,8,10-11,14,19,35-36H2,1-2H3,(H,38,41)/b28-20-. The van der Waals surface area contributed by atoms with Crippen molar-refractivity contribution in [3.63, 3.8) is 0 Å². The van der Waals surface area contributed by atoms with Crippen LogP contribution < -0.4 is 21.6 Å². The molecule has 2 aromatic rings. The Morgan fingerprint density at radius 1 is 1.14 bits per heavy atom. The summed E-state index contributed by atoms with van der Waals surface area (Å²) < 4.78 is 46.1. The molecule has 224 valence electrons. The maximum atomic E-state index is 13.6. The molecule has 11 heteroatoms. The third-order valence-corrected chi connectivity index (χ3v) is 7.22. The summed E-state index contributed by atoms with van der Waals surface area (Å²) in [5, 5.41) is 4.09. The van der Waals surface area contributed by atoms with Gasteiger partial charge in [0.05, 0.1) is 30.3 Å². The van der Waals surface area contributed by atoms with Crippen molar-refractivity contribution in [2.24, 2.45) is 11.6 Å². The Bertz CT molecular complexity index is 1410. The number of nitrogens with zero attached hydrogens (tertiary/aromatic N) is 3. The number of allylic oxidation sites excluding steroid dienone is 4. The Labute approximate surface area is 244 Å². The van der Waals surface area contributed by atoms with Gasteiger partial charge in [0, 0.05) is 36.6 Å². The molecular formula is C31H37F3N6O2. The Hall–Kier alpha value is -4.09. The molecule has 1 aliphatic carbocycles. The van der Waals surface area contributed by atoms with Crippen molar-refractivity contribution in [1.82, 2.24) is 14.9 Å². The van der Waals surface area contributed by atoms with Gasteiger partial charge in [-0.1, -0.05) is 30.2 Å². The third kappa shape index (κ3) is 8.46. The molecule has 1 aliphatic heterocycles. The summed E-state index contributed by atoms with van der Waals surface area (Å²) in [5.41, 5.74) is 9.49. The van der Waals surface area contributed by atoms with Crippen molar-refractivity contribution in [1.29, 1.82) is 0 Å². The molecule has 8 nitrogen and oxygen atoms in total. The van der Waals surface area contributed by atoms with Crippen LogP contribution in [0.25, 0.3) is 5.70 Å². The van der Waals surface area contributed by atoms with Gasteiger partial charge in [-0.25, -0.2) is 5.84 Å². The van der Waals surface area contributed by atoms with Gasteiger partial charge in [-0.3, -0.25) is 19.7 Å². The maximum Gasteiger partial charge on any atom is 0.416 e. The Morgan fingerprint density at radius 2 is 1.90 bits per heavy atom. The van der Waals surface area contributed by atoms with E-state index in [0.29, 0.717) is 41.2 Å². The number of nitrogens with two attached hydrogens (primary N) is 2. The molecule has 5 N–H and O–H groups in total. The fourth-order valence-electron chi connectivity index (χ4n) is 5.01. The molecule has 1 aromatic carbocycles. The number of hydrogen-bond donors (Lipinski definition) is 3. The molecule has 2 heterocycles. The number of benzene rings is 1. The van der Waals surface area contributed by atoms with E-state index in [1.807, 2.05) is 25.2 Å². The Morgan fingerprint density at radius 3 is 2.62 bits per heavy atom. The zero-order valence-electron chi connectivity index (χ0n) is 23.9.